The number of esters is 1. The van der Waals surface area contributed by atoms with Gasteiger partial charge in [-0.05, 0) is 37.8 Å². The van der Waals surface area contributed by atoms with Crippen LogP contribution in [-0.4, -0.2) is 16.6 Å². The van der Waals surface area contributed by atoms with Crippen molar-refractivity contribution >= 4 is 28.9 Å². The van der Waals surface area contributed by atoms with Crippen LogP contribution in [-0.2, 0) is 9.53 Å². The van der Waals surface area contributed by atoms with Gasteiger partial charge in [0.2, 0.25) is 0 Å². The molecule has 4 rings (SSSR count). The zero-order chi connectivity index (χ0) is 15.9. The van der Waals surface area contributed by atoms with Crippen LogP contribution in [0.4, 0.5) is 0 Å². The number of hydrogen-bond donors (Lipinski definition) is 0. The number of rotatable bonds is 2. The molecule has 2 aromatic rings. The molecule has 0 amide bonds. The molecular weight excluding hydrogens is 330 g/mol. The summed E-state index contributed by atoms with van der Waals surface area (Å²) in [5, 5.41) is 3.79. The van der Waals surface area contributed by atoms with Gasteiger partial charge in [-0.25, -0.2) is 4.98 Å². The fourth-order valence-corrected chi connectivity index (χ4v) is 4.84. The topological polar surface area (TPSA) is 39.2 Å². The van der Waals surface area contributed by atoms with Gasteiger partial charge in [-0.3, -0.25) is 4.79 Å². The lowest BCUT2D eigenvalue weighted by Gasteiger charge is -2.36. The van der Waals surface area contributed by atoms with E-state index in [1.54, 1.807) is 11.3 Å². The van der Waals surface area contributed by atoms with Crippen LogP contribution in [0.1, 0.15) is 50.1 Å². The van der Waals surface area contributed by atoms with Gasteiger partial charge in [-0.2, -0.15) is 0 Å². The predicted molar refractivity (Wildman–Crippen MR) is 91.8 cm³/mol. The van der Waals surface area contributed by atoms with Crippen LogP contribution >= 0.6 is 22.9 Å². The monoisotopic (exact) mass is 347 g/mol. The second kappa shape index (κ2) is 5.91. The molecule has 1 saturated carbocycles. The average molecular weight is 348 g/mol. The standard InChI is InChI=1S/C18H18ClNO2S/c19-13-6-4-12(5-7-13)17-20-15(11-23-17)14-10-16(21)22-18(14)8-2-1-3-9-18/h4-7,11,14H,1-3,8-10H2/t14-/m0/s1. The molecule has 23 heavy (non-hydrogen) atoms. The summed E-state index contributed by atoms with van der Waals surface area (Å²) in [6, 6.07) is 7.72. The Balaban J connectivity index is 1.65. The Morgan fingerprint density at radius 2 is 1.91 bits per heavy atom. The molecule has 1 saturated heterocycles. The third kappa shape index (κ3) is 2.79. The SMILES string of the molecule is O=C1C[C@@H](c2csc(-c3ccc(Cl)cc3)n2)C2(CCCCC2)O1. The number of halogens is 1. The van der Waals surface area contributed by atoms with E-state index in [1.807, 2.05) is 24.3 Å². The molecule has 2 fully saturated rings. The van der Waals surface area contributed by atoms with E-state index < -0.39 is 0 Å². The van der Waals surface area contributed by atoms with Gasteiger partial charge in [0.15, 0.2) is 0 Å². The summed E-state index contributed by atoms with van der Waals surface area (Å²) in [7, 11) is 0. The fraction of sp³-hybridized carbons (Fsp3) is 0.444. The van der Waals surface area contributed by atoms with E-state index in [2.05, 4.69) is 5.38 Å². The quantitative estimate of drug-likeness (QED) is 0.701. The highest BCUT2D eigenvalue weighted by atomic mass is 35.5. The Morgan fingerprint density at radius 1 is 1.17 bits per heavy atom. The zero-order valence-corrected chi connectivity index (χ0v) is 14.3. The Hall–Kier alpha value is -1.39. The molecule has 1 aromatic carbocycles. The highest BCUT2D eigenvalue weighted by Crippen LogP contribution is 2.49. The highest BCUT2D eigenvalue weighted by Gasteiger charge is 2.50. The summed E-state index contributed by atoms with van der Waals surface area (Å²) in [6.07, 6.45) is 5.91. The van der Waals surface area contributed by atoms with E-state index in [-0.39, 0.29) is 17.5 Å². The first kappa shape index (κ1) is 15.2. The molecule has 2 aliphatic rings. The van der Waals surface area contributed by atoms with E-state index in [0.717, 1.165) is 47.0 Å². The van der Waals surface area contributed by atoms with Gasteiger partial charge < -0.3 is 4.74 Å². The minimum absolute atomic E-state index is 0.0713. The van der Waals surface area contributed by atoms with Crippen molar-refractivity contribution in [1.82, 2.24) is 4.98 Å². The van der Waals surface area contributed by atoms with Crippen LogP contribution in [0.5, 0.6) is 0 Å². The lowest BCUT2D eigenvalue weighted by atomic mass is 9.75. The first-order valence-corrected chi connectivity index (χ1v) is 9.35. The van der Waals surface area contributed by atoms with Crippen molar-refractivity contribution in [2.75, 3.05) is 0 Å². The van der Waals surface area contributed by atoms with Crippen LogP contribution in [0.2, 0.25) is 5.02 Å². The van der Waals surface area contributed by atoms with Crippen LogP contribution in [0.25, 0.3) is 10.6 Å². The van der Waals surface area contributed by atoms with Crippen molar-refractivity contribution < 1.29 is 9.53 Å². The fourth-order valence-electron chi connectivity index (χ4n) is 3.84. The third-order valence-corrected chi connectivity index (χ3v) is 6.15. The number of aromatic nitrogens is 1. The molecule has 1 aliphatic heterocycles. The van der Waals surface area contributed by atoms with Gasteiger partial charge in [0, 0.05) is 16.0 Å². The molecule has 1 aromatic heterocycles. The number of thiazole rings is 1. The predicted octanol–water partition coefficient (Wildman–Crippen LogP) is 5.20. The first-order valence-electron chi connectivity index (χ1n) is 8.09. The summed E-state index contributed by atoms with van der Waals surface area (Å²) in [4.78, 5) is 16.8. The van der Waals surface area contributed by atoms with Crippen LogP contribution in [0.3, 0.4) is 0 Å². The molecule has 1 aliphatic carbocycles. The first-order chi connectivity index (χ1) is 11.2. The van der Waals surface area contributed by atoms with Gasteiger partial charge in [-0.15, -0.1) is 11.3 Å². The summed E-state index contributed by atoms with van der Waals surface area (Å²) < 4.78 is 5.80. The molecular formula is C18H18ClNO2S. The Bertz CT molecular complexity index is 719. The van der Waals surface area contributed by atoms with E-state index in [4.69, 9.17) is 21.3 Å². The number of nitrogens with zero attached hydrogens (tertiary/aromatic N) is 1. The number of carbonyl (C=O) groups excluding carboxylic acids is 1. The van der Waals surface area contributed by atoms with Crippen LogP contribution in [0.15, 0.2) is 29.6 Å². The van der Waals surface area contributed by atoms with Crippen LogP contribution in [0, 0.1) is 0 Å². The number of ether oxygens (including phenoxy) is 1. The van der Waals surface area contributed by atoms with E-state index in [9.17, 15) is 4.79 Å². The molecule has 0 N–H and O–H groups in total. The van der Waals surface area contributed by atoms with Crippen molar-refractivity contribution in [3.63, 3.8) is 0 Å². The maximum Gasteiger partial charge on any atom is 0.307 e. The highest BCUT2D eigenvalue weighted by molar-refractivity contribution is 7.13. The summed E-state index contributed by atoms with van der Waals surface area (Å²) in [6.45, 7) is 0. The molecule has 1 spiro atoms. The average Bonchev–Trinajstić information content (AvgIpc) is 3.14. The number of carbonyl (C=O) groups is 1. The number of benzene rings is 1. The second-order valence-electron chi connectivity index (χ2n) is 6.44. The lowest BCUT2D eigenvalue weighted by molar-refractivity contribution is -0.151. The normalized spacial score (nSPS) is 23.2. The third-order valence-electron chi connectivity index (χ3n) is 4.99. The van der Waals surface area contributed by atoms with Crippen molar-refractivity contribution in [3.8, 4) is 10.6 Å². The molecule has 2 heterocycles. The maximum absolute atomic E-state index is 12.0. The van der Waals surface area contributed by atoms with Crippen molar-refractivity contribution in [1.29, 1.82) is 0 Å². The van der Waals surface area contributed by atoms with Gasteiger partial charge in [0.25, 0.3) is 0 Å². The smallest absolute Gasteiger partial charge is 0.307 e. The maximum atomic E-state index is 12.0. The number of hydrogen-bond acceptors (Lipinski definition) is 4. The van der Waals surface area contributed by atoms with Crippen LogP contribution < -0.4 is 0 Å². The van der Waals surface area contributed by atoms with Gasteiger partial charge >= 0.3 is 5.97 Å². The molecule has 1 atom stereocenters. The lowest BCUT2D eigenvalue weighted by Crippen LogP contribution is -2.36. The molecule has 3 nitrogen and oxygen atoms in total. The van der Waals surface area contributed by atoms with E-state index >= 15 is 0 Å². The summed E-state index contributed by atoms with van der Waals surface area (Å²) in [5.41, 5.74) is 1.77. The Kier molecular flexibility index (Phi) is 3.90. The van der Waals surface area contributed by atoms with Crippen molar-refractivity contribution in [2.45, 2.75) is 50.0 Å². The Labute approximate surface area is 144 Å². The molecule has 0 radical (unpaired) electrons. The molecule has 120 valence electrons. The zero-order valence-electron chi connectivity index (χ0n) is 12.8. The molecule has 0 unspecified atom stereocenters. The van der Waals surface area contributed by atoms with Gasteiger partial charge in [0.1, 0.15) is 10.6 Å². The Morgan fingerprint density at radius 3 is 2.65 bits per heavy atom. The minimum Gasteiger partial charge on any atom is -0.458 e. The molecule has 0 bridgehead atoms. The van der Waals surface area contributed by atoms with E-state index in [1.165, 1.54) is 6.42 Å². The van der Waals surface area contributed by atoms with Gasteiger partial charge in [0.05, 0.1) is 18.0 Å². The minimum atomic E-state index is -0.305. The van der Waals surface area contributed by atoms with E-state index in [0.29, 0.717) is 6.42 Å². The molecule has 5 heteroatoms. The summed E-state index contributed by atoms with van der Waals surface area (Å²) in [5.74, 6) is 0.0329. The largest absolute Gasteiger partial charge is 0.458 e. The second-order valence-corrected chi connectivity index (χ2v) is 7.74. The van der Waals surface area contributed by atoms with Crippen molar-refractivity contribution in [3.05, 3.63) is 40.4 Å². The summed E-state index contributed by atoms with van der Waals surface area (Å²) >= 11 is 7.57. The van der Waals surface area contributed by atoms with Crippen molar-refractivity contribution in [2.24, 2.45) is 0 Å². The van der Waals surface area contributed by atoms with Gasteiger partial charge in [-0.1, -0.05) is 30.2 Å².